The van der Waals surface area contributed by atoms with Crippen molar-refractivity contribution in [1.82, 2.24) is 5.06 Å². The van der Waals surface area contributed by atoms with Crippen LogP contribution in [-0.4, -0.2) is 22.1 Å². The van der Waals surface area contributed by atoms with E-state index in [1.54, 1.807) is 5.06 Å². The van der Waals surface area contributed by atoms with E-state index in [0.29, 0.717) is 0 Å². The van der Waals surface area contributed by atoms with Gasteiger partial charge in [0.2, 0.25) is 0 Å². The van der Waals surface area contributed by atoms with E-state index in [9.17, 15) is 19.6 Å². The van der Waals surface area contributed by atoms with Crippen LogP contribution in [0, 0.1) is 10.1 Å². The van der Waals surface area contributed by atoms with Crippen LogP contribution >= 0.6 is 7.82 Å². The van der Waals surface area contributed by atoms with E-state index in [-0.39, 0.29) is 23.5 Å². The molecule has 0 heterocycles. The number of nitro groups is 1. The van der Waals surface area contributed by atoms with Crippen molar-refractivity contribution in [3.05, 3.63) is 34.4 Å². The third kappa shape index (κ3) is 5.75. The lowest BCUT2D eigenvalue weighted by molar-refractivity contribution is -0.384. The second kappa shape index (κ2) is 9.15. The molecule has 2 saturated carbocycles. The molecule has 2 aliphatic rings. The monoisotopic (exact) mass is 397 g/mol. The first-order chi connectivity index (χ1) is 12.9. The van der Waals surface area contributed by atoms with Gasteiger partial charge < -0.3 is 9.42 Å². The molecule has 1 aromatic rings. The van der Waals surface area contributed by atoms with Crippen molar-refractivity contribution in [2.75, 3.05) is 0 Å². The predicted octanol–water partition coefficient (Wildman–Crippen LogP) is 4.34. The van der Waals surface area contributed by atoms with Gasteiger partial charge in [-0.05, 0) is 37.8 Å². The fourth-order valence-corrected chi connectivity index (χ4v) is 4.90. The molecule has 0 N–H and O–H groups in total. The minimum atomic E-state index is -4.64. The summed E-state index contributed by atoms with van der Waals surface area (Å²) in [5.41, 5.74) is -0.130. The Kier molecular flexibility index (Phi) is 6.87. The van der Waals surface area contributed by atoms with Gasteiger partial charge in [0.1, 0.15) is 5.75 Å². The molecule has 1 atom stereocenters. The highest BCUT2D eigenvalue weighted by Crippen LogP contribution is 2.44. The van der Waals surface area contributed by atoms with E-state index < -0.39 is 12.7 Å². The zero-order chi connectivity index (χ0) is 19.3. The van der Waals surface area contributed by atoms with Crippen molar-refractivity contribution in [2.24, 2.45) is 0 Å². The summed E-state index contributed by atoms with van der Waals surface area (Å²) in [5, 5.41) is 12.4. The van der Waals surface area contributed by atoms with Gasteiger partial charge in [-0.2, -0.15) is 5.06 Å². The summed E-state index contributed by atoms with van der Waals surface area (Å²) < 4.78 is 23.1. The number of phosphoric acid groups is 1. The van der Waals surface area contributed by atoms with Crippen molar-refractivity contribution in [3.63, 3.8) is 0 Å². The highest BCUT2D eigenvalue weighted by Gasteiger charge is 2.33. The van der Waals surface area contributed by atoms with Gasteiger partial charge in [-0.3, -0.25) is 14.7 Å². The molecule has 0 saturated heterocycles. The number of nitro benzene ring substituents is 1. The van der Waals surface area contributed by atoms with Crippen molar-refractivity contribution < 1.29 is 23.5 Å². The molecule has 150 valence electrons. The van der Waals surface area contributed by atoms with Gasteiger partial charge in [-0.1, -0.05) is 38.5 Å². The molecule has 0 spiro atoms. The first-order valence-electron chi connectivity index (χ1n) is 9.68. The molecule has 27 heavy (non-hydrogen) atoms. The smallest absolute Gasteiger partial charge is 0.336 e. The summed E-state index contributed by atoms with van der Waals surface area (Å²) in [4.78, 5) is 22.7. The van der Waals surface area contributed by atoms with Gasteiger partial charge >= 0.3 is 7.82 Å². The minimum Gasteiger partial charge on any atom is -0.745 e. The second-order valence-electron chi connectivity index (χ2n) is 7.31. The summed E-state index contributed by atoms with van der Waals surface area (Å²) in [6.45, 7) is 0. The standard InChI is InChI=1S/C18H27N2O6P/c21-20(22)17-11-13-18(14-12-17)25-27(23,24)26-19(15-7-3-1-4-8-15)16-9-5-2-6-10-16/h11-16H,1-10H2,(H,23,24)/p-1. The fraction of sp³-hybridized carbons (Fsp3) is 0.667. The Morgan fingerprint density at radius 1 is 0.926 bits per heavy atom. The average molecular weight is 397 g/mol. The maximum atomic E-state index is 12.5. The lowest BCUT2D eigenvalue weighted by Crippen LogP contribution is -2.45. The maximum absolute atomic E-state index is 12.5. The van der Waals surface area contributed by atoms with E-state index in [2.05, 4.69) is 0 Å². The SMILES string of the molecule is O=[N+]([O-])c1ccc(OP(=O)([O-])ON(C2CCCCC2)C2CCCCC2)cc1. The van der Waals surface area contributed by atoms with Gasteiger partial charge in [0.05, 0.1) is 4.92 Å². The van der Waals surface area contributed by atoms with Gasteiger partial charge in [-0.15, -0.1) is 0 Å². The van der Waals surface area contributed by atoms with Gasteiger partial charge in [0, 0.05) is 24.2 Å². The van der Waals surface area contributed by atoms with Crippen LogP contribution in [0.2, 0.25) is 0 Å². The summed E-state index contributed by atoms with van der Waals surface area (Å²) in [7, 11) is -4.64. The van der Waals surface area contributed by atoms with Crippen molar-refractivity contribution in [1.29, 1.82) is 0 Å². The van der Waals surface area contributed by atoms with Crippen molar-refractivity contribution >= 4 is 13.5 Å². The normalized spacial score (nSPS) is 21.7. The van der Waals surface area contributed by atoms with Crippen LogP contribution in [0.15, 0.2) is 24.3 Å². The number of hydrogen-bond acceptors (Lipinski definition) is 7. The molecule has 0 aliphatic heterocycles. The third-order valence-electron chi connectivity index (χ3n) is 5.33. The lowest BCUT2D eigenvalue weighted by Gasteiger charge is -2.42. The Balaban J connectivity index is 1.70. The largest absolute Gasteiger partial charge is 0.745 e. The molecule has 1 unspecified atom stereocenters. The van der Waals surface area contributed by atoms with Crippen molar-refractivity contribution in [3.8, 4) is 5.75 Å². The van der Waals surface area contributed by atoms with E-state index in [4.69, 9.17) is 9.15 Å². The van der Waals surface area contributed by atoms with E-state index in [1.165, 1.54) is 37.1 Å². The van der Waals surface area contributed by atoms with Crippen LogP contribution in [0.5, 0.6) is 5.75 Å². The van der Waals surface area contributed by atoms with Crippen LogP contribution < -0.4 is 9.42 Å². The molecule has 2 aliphatic carbocycles. The first kappa shape index (κ1) is 20.3. The Morgan fingerprint density at radius 2 is 1.41 bits per heavy atom. The van der Waals surface area contributed by atoms with E-state index >= 15 is 0 Å². The Morgan fingerprint density at radius 3 is 1.85 bits per heavy atom. The number of rotatable bonds is 7. The molecular formula is C18H26N2O6P-. The highest BCUT2D eigenvalue weighted by molar-refractivity contribution is 7.46. The fourth-order valence-electron chi connectivity index (χ4n) is 3.99. The molecule has 0 radical (unpaired) electrons. The first-order valence-corrected chi connectivity index (χ1v) is 11.1. The summed E-state index contributed by atoms with van der Waals surface area (Å²) >= 11 is 0. The number of benzene rings is 1. The van der Waals surface area contributed by atoms with E-state index in [1.807, 2.05) is 0 Å². The average Bonchev–Trinajstić information content (AvgIpc) is 2.68. The predicted molar refractivity (Wildman–Crippen MR) is 98.0 cm³/mol. The summed E-state index contributed by atoms with van der Waals surface area (Å²) in [6.07, 6.45) is 10.3. The number of hydrogen-bond donors (Lipinski definition) is 0. The Labute approximate surface area is 159 Å². The quantitative estimate of drug-likeness (QED) is 0.383. The second-order valence-corrected chi connectivity index (χ2v) is 8.56. The molecule has 2 fully saturated rings. The highest BCUT2D eigenvalue weighted by atomic mass is 31.2. The summed E-state index contributed by atoms with van der Waals surface area (Å²) in [5.74, 6) is 0.00571. The van der Waals surface area contributed by atoms with Gasteiger partial charge in [0.25, 0.3) is 5.69 Å². The zero-order valence-corrected chi connectivity index (χ0v) is 16.2. The minimum absolute atomic E-state index is 0.00571. The van der Waals surface area contributed by atoms with Crippen LogP contribution in [0.4, 0.5) is 5.69 Å². The van der Waals surface area contributed by atoms with E-state index in [0.717, 1.165) is 51.4 Å². The zero-order valence-electron chi connectivity index (χ0n) is 15.3. The lowest BCUT2D eigenvalue weighted by atomic mass is 9.90. The number of phosphoric ester groups is 1. The maximum Gasteiger partial charge on any atom is 0.336 e. The summed E-state index contributed by atoms with van der Waals surface area (Å²) in [6, 6.07) is 5.11. The van der Waals surface area contributed by atoms with Crippen LogP contribution in [0.1, 0.15) is 64.2 Å². The van der Waals surface area contributed by atoms with Crippen LogP contribution in [0.3, 0.4) is 0 Å². The van der Waals surface area contributed by atoms with Crippen LogP contribution in [0.25, 0.3) is 0 Å². The molecule has 9 heteroatoms. The molecule has 8 nitrogen and oxygen atoms in total. The Hall–Kier alpha value is -1.47. The molecule has 1 aromatic carbocycles. The van der Waals surface area contributed by atoms with Crippen LogP contribution in [-0.2, 0) is 9.19 Å². The number of nitrogens with zero attached hydrogens (tertiary/aromatic N) is 2. The van der Waals surface area contributed by atoms with Gasteiger partial charge in [0.15, 0.2) is 0 Å². The molecule has 0 bridgehead atoms. The molecular weight excluding hydrogens is 371 g/mol. The topological polar surface area (TPSA) is 105 Å². The molecule has 0 amide bonds. The molecule has 0 aromatic heterocycles. The van der Waals surface area contributed by atoms with Gasteiger partial charge in [-0.25, -0.2) is 4.62 Å². The number of non-ortho nitro benzene ring substituents is 1. The molecule has 3 rings (SSSR count). The van der Waals surface area contributed by atoms with Crippen molar-refractivity contribution in [2.45, 2.75) is 76.3 Å². The Bertz CT molecular complexity index is 653. The third-order valence-corrected chi connectivity index (χ3v) is 6.15. The number of hydroxylamine groups is 2.